The standard InChI is InChI=1S/C23H21F5N4O3S/c24-22(25)8-3-10-32(11-9-22)31-21(33)17-13-16-18(23(26,27)28)6-2-7-19(16)30-20(17)14-4-1-5-15(12-14)36(29,34)35/h1-2,4-7,12-13H,3,8-11H2,(H,31,33)(H2,29,34,35). The van der Waals surface area contributed by atoms with E-state index in [0.717, 1.165) is 18.2 Å². The molecule has 3 N–H and O–H groups in total. The number of nitrogens with one attached hydrogen (secondary N) is 1. The van der Waals surface area contributed by atoms with Crippen molar-refractivity contribution >= 4 is 26.8 Å². The fourth-order valence-electron chi connectivity index (χ4n) is 4.04. The highest BCUT2D eigenvalue weighted by Crippen LogP contribution is 2.36. The van der Waals surface area contributed by atoms with Gasteiger partial charge < -0.3 is 0 Å². The summed E-state index contributed by atoms with van der Waals surface area (Å²) in [7, 11) is -4.13. The van der Waals surface area contributed by atoms with Gasteiger partial charge in [-0.3, -0.25) is 10.2 Å². The Morgan fingerprint density at radius 3 is 2.47 bits per heavy atom. The van der Waals surface area contributed by atoms with Gasteiger partial charge in [-0.05, 0) is 36.8 Å². The van der Waals surface area contributed by atoms with Crippen molar-refractivity contribution in [2.45, 2.75) is 36.3 Å². The Kier molecular flexibility index (Phi) is 6.75. The smallest absolute Gasteiger partial charge is 0.285 e. The number of rotatable bonds is 4. The SMILES string of the molecule is NS(=O)(=O)c1cccc(-c2nc3cccc(C(F)(F)F)c3cc2C(=O)NN2CCCC(F)(F)CC2)c1. The number of nitrogens with two attached hydrogens (primary N) is 1. The van der Waals surface area contributed by atoms with E-state index < -0.39 is 40.0 Å². The monoisotopic (exact) mass is 528 g/mol. The van der Waals surface area contributed by atoms with E-state index in [1.807, 2.05) is 0 Å². The fraction of sp³-hybridized carbons (Fsp3) is 0.304. The van der Waals surface area contributed by atoms with Crippen LogP contribution in [0.2, 0.25) is 0 Å². The van der Waals surface area contributed by atoms with Gasteiger partial charge in [0.1, 0.15) is 0 Å². The molecule has 1 saturated heterocycles. The summed E-state index contributed by atoms with van der Waals surface area (Å²) in [6.07, 6.45) is -5.48. The molecule has 3 aromatic rings. The molecular formula is C23H21F5N4O3S. The van der Waals surface area contributed by atoms with Gasteiger partial charge in [0.05, 0.1) is 27.2 Å². The number of hydrogen-bond donors (Lipinski definition) is 2. The fourth-order valence-corrected chi connectivity index (χ4v) is 4.60. The maximum absolute atomic E-state index is 13.7. The molecule has 2 heterocycles. The summed E-state index contributed by atoms with van der Waals surface area (Å²) < 4.78 is 92.1. The van der Waals surface area contributed by atoms with Crippen molar-refractivity contribution in [2.75, 3.05) is 13.1 Å². The van der Waals surface area contributed by atoms with Crippen LogP contribution in [0.4, 0.5) is 22.0 Å². The third-order valence-electron chi connectivity index (χ3n) is 5.82. The van der Waals surface area contributed by atoms with Gasteiger partial charge in [-0.1, -0.05) is 18.2 Å². The van der Waals surface area contributed by atoms with Gasteiger partial charge in [0.15, 0.2) is 0 Å². The van der Waals surface area contributed by atoms with Crippen molar-refractivity contribution in [3.05, 3.63) is 59.7 Å². The first-order valence-corrected chi connectivity index (χ1v) is 12.4. The van der Waals surface area contributed by atoms with Crippen molar-refractivity contribution in [3.8, 4) is 11.3 Å². The van der Waals surface area contributed by atoms with Crippen LogP contribution in [0.25, 0.3) is 22.2 Å². The molecule has 0 radical (unpaired) electrons. The largest absolute Gasteiger partial charge is 0.417 e. The number of nitrogens with zero attached hydrogens (tertiary/aromatic N) is 2. The van der Waals surface area contributed by atoms with Crippen molar-refractivity contribution in [3.63, 3.8) is 0 Å². The Morgan fingerprint density at radius 2 is 1.78 bits per heavy atom. The average Bonchev–Trinajstić information content (AvgIpc) is 2.96. The van der Waals surface area contributed by atoms with Crippen LogP contribution < -0.4 is 10.6 Å². The maximum Gasteiger partial charge on any atom is 0.417 e. The van der Waals surface area contributed by atoms with E-state index in [2.05, 4.69) is 10.4 Å². The minimum atomic E-state index is -4.74. The number of fused-ring (bicyclic) bond motifs is 1. The lowest BCUT2D eigenvalue weighted by Gasteiger charge is -2.22. The van der Waals surface area contributed by atoms with E-state index in [1.54, 1.807) is 0 Å². The number of alkyl halides is 5. The molecular weight excluding hydrogens is 507 g/mol. The first-order valence-electron chi connectivity index (χ1n) is 10.8. The number of carbonyl (C=O) groups is 1. The lowest BCUT2D eigenvalue weighted by molar-refractivity contribution is -0.136. The van der Waals surface area contributed by atoms with E-state index in [4.69, 9.17) is 5.14 Å². The maximum atomic E-state index is 13.7. The van der Waals surface area contributed by atoms with Crippen LogP contribution in [0, 0.1) is 0 Å². The van der Waals surface area contributed by atoms with Gasteiger partial charge in [0, 0.05) is 36.9 Å². The lowest BCUT2D eigenvalue weighted by atomic mass is 10.00. The predicted octanol–water partition coefficient (Wildman–Crippen LogP) is 4.33. The molecule has 13 heteroatoms. The van der Waals surface area contributed by atoms with Gasteiger partial charge >= 0.3 is 6.18 Å². The molecule has 0 bridgehead atoms. The van der Waals surface area contributed by atoms with Crippen molar-refractivity contribution in [2.24, 2.45) is 5.14 Å². The molecule has 0 saturated carbocycles. The zero-order valence-corrected chi connectivity index (χ0v) is 19.5. The van der Waals surface area contributed by atoms with Crippen molar-refractivity contribution in [1.82, 2.24) is 15.4 Å². The molecule has 0 spiro atoms. The lowest BCUT2D eigenvalue weighted by Crippen LogP contribution is -2.43. The van der Waals surface area contributed by atoms with Crippen LogP contribution >= 0.6 is 0 Å². The summed E-state index contributed by atoms with van der Waals surface area (Å²) in [5.41, 5.74) is 1.13. The Bertz CT molecular complexity index is 1430. The summed E-state index contributed by atoms with van der Waals surface area (Å²) in [5, 5.41) is 6.14. The number of sulfonamides is 1. The number of hydrogen-bond acceptors (Lipinski definition) is 5. The normalized spacial score (nSPS) is 17.1. The molecule has 0 aliphatic carbocycles. The molecule has 1 amide bonds. The highest BCUT2D eigenvalue weighted by molar-refractivity contribution is 7.89. The van der Waals surface area contributed by atoms with E-state index in [0.29, 0.717) is 0 Å². The summed E-state index contributed by atoms with van der Waals surface area (Å²) >= 11 is 0. The Morgan fingerprint density at radius 1 is 1.06 bits per heavy atom. The Hall–Kier alpha value is -3.16. The minimum Gasteiger partial charge on any atom is -0.285 e. The summed E-state index contributed by atoms with van der Waals surface area (Å²) in [5.74, 6) is -3.76. The van der Waals surface area contributed by atoms with Crippen LogP contribution in [0.5, 0.6) is 0 Å². The summed E-state index contributed by atoms with van der Waals surface area (Å²) in [4.78, 5) is 17.2. The third kappa shape index (κ3) is 5.63. The number of benzene rings is 2. The molecule has 1 fully saturated rings. The molecule has 36 heavy (non-hydrogen) atoms. The number of aromatic nitrogens is 1. The molecule has 1 aliphatic heterocycles. The van der Waals surface area contributed by atoms with Crippen LogP contribution in [-0.4, -0.2) is 43.3 Å². The highest BCUT2D eigenvalue weighted by Gasteiger charge is 2.34. The molecule has 7 nitrogen and oxygen atoms in total. The van der Waals surface area contributed by atoms with Gasteiger partial charge in [-0.2, -0.15) is 13.2 Å². The van der Waals surface area contributed by atoms with Crippen molar-refractivity contribution in [1.29, 1.82) is 0 Å². The second-order valence-corrected chi connectivity index (χ2v) is 10.0. The van der Waals surface area contributed by atoms with E-state index in [9.17, 15) is 35.2 Å². The predicted molar refractivity (Wildman–Crippen MR) is 121 cm³/mol. The second kappa shape index (κ2) is 9.37. The zero-order valence-electron chi connectivity index (χ0n) is 18.6. The van der Waals surface area contributed by atoms with Crippen molar-refractivity contribution < 1.29 is 35.2 Å². The second-order valence-electron chi connectivity index (χ2n) is 8.46. The number of halogens is 5. The number of primary sulfonamides is 1. The molecule has 192 valence electrons. The number of hydrazine groups is 1. The topological polar surface area (TPSA) is 105 Å². The molecule has 4 rings (SSSR count). The molecule has 0 unspecified atom stereocenters. The Balaban J connectivity index is 1.85. The van der Waals surface area contributed by atoms with E-state index in [-0.39, 0.29) is 58.6 Å². The van der Waals surface area contributed by atoms with Gasteiger partial charge in [-0.15, -0.1) is 0 Å². The summed E-state index contributed by atoms with van der Waals surface area (Å²) in [6.45, 7) is -0.0455. The zero-order chi connectivity index (χ0) is 26.3. The molecule has 1 aliphatic rings. The quantitative estimate of drug-likeness (QED) is 0.491. The van der Waals surface area contributed by atoms with Crippen LogP contribution in [0.1, 0.15) is 35.2 Å². The molecule has 2 aromatic carbocycles. The molecule has 0 atom stereocenters. The average molecular weight is 529 g/mol. The first kappa shape index (κ1) is 25.9. The number of amides is 1. The van der Waals surface area contributed by atoms with E-state index in [1.165, 1.54) is 35.3 Å². The van der Waals surface area contributed by atoms with Gasteiger partial charge in [0.25, 0.3) is 5.91 Å². The third-order valence-corrected chi connectivity index (χ3v) is 6.73. The highest BCUT2D eigenvalue weighted by atomic mass is 32.2. The van der Waals surface area contributed by atoms with Crippen LogP contribution in [0.3, 0.4) is 0 Å². The first-order chi connectivity index (χ1) is 16.7. The van der Waals surface area contributed by atoms with E-state index >= 15 is 0 Å². The minimum absolute atomic E-state index is 0.0770. The summed E-state index contributed by atoms with van der Waals surface area (Å²) in [6, 6.07) is 9.52. The van der Waals surface area contributed by atoms with Crippen LogP contribution in [0.15, 0.2) is 53.4 Å². The Labute approximate surface area is 203 Å². The van der Waals surface area contributed by atoms with Gasteiger partial charge in [0.2, 0.25) is 15.9 Å². The van der Waals surface area contributed by atoms with Crippen LogP contribution in [-0.2, 0) is 16.2 Å². The van der Waals surface area contributed by atoms with Gasteiger partial charge in [-0.25, -0.2) is 32.3 Å². The number of carbonyl (C=O) groups excluding carboxylic acids is 1. The molecule has 1 aromatic heterocycles. The number of pyridine rings is 1.